The van der Waals surface area contributed by atoms with Crippen molar-refractivity contribution in [2.24, 2.45) is 0 Å². The number of carbonyl (C=O) groups is 1. The zero-order chi connectivity index (χ0) is 19.5. The van der Waals surface area contributed by atoms with Crippen LogP contribution in [-0.4, -0.2) is 33.7 Å². The number of sulfonamides is 1. The first-order valence-electron chi connectivity index (χ1n) is 7.84. The first-order chi connectivity index (χ1) is 12.1. The number of hydrogen-bond acceptors (Lipinski definition) is 4. The molecular formula is C18H21ClN2O4S. The summed E-state index contributed by atoms with van der Waals surface area (Å²) >= 11 is 5.97. The van der Waals surface area contributed by atoms with Gasteiger partial charge in [-0.15, -0.1) is 0 Å². The predicted octanol–water partition coefficient (Wildman–Crippen LogP) is 3.45. The van der Waals surface area contributed by atoms with Crippen molar-refractivity contribution in [3.63, 3.8) is 0 Å². The van der Waals surface area contributed by atoms with Crippen molar-refractivity contribution >= 4 is 38.9 Å². The molecule has 2 aromatic rings. The molecule has 0 saturated carbocycles. The van der Waals surface area contributed by atoms with E-state index in [0.29, 0.717) is 22.1 Å². The maximum atomic E-state index is 12.7. The molecule has 0 aliphatic carbocycles. The van der Waals surface area contributed by atoms with Gasteiger partial charge in [0.1, 0.15) is 11.8 Å². The second kappa shape index (κ2) is 7.97. The van der Waals surface area contributed by atoms with Crippen LogP contribution in [0.3, 0.4) is 0 Å². The van der Waals surface area contributed by atoms with E-state index in [9.17, 15) is 13.2 Å². The lowest BCUT2D eigenvalue weighted by atomic mass is 10.2. The number of nitrogens with zero attached hydrogens (tertiary/aromatic N) is 1. The molecule has 0 heterocycles. The van der Waals surface area contributed by atoms with Crippen LogP contribution in [0.5, 0.6) is 5.75 Å². The Balaban J connectivity index is 2.34. The van der Waals surface area contributed by atoms with Crippen molar-refractivity contribution in [2.75, 3.05) is 23.0 Å². The standard InChI is InChI=1S/C18H21ClN2O4S/c1-12-5-8-15(9-6-12)21(26(4,23)24)13(2)18(22)20-16-11-14(19)7-10-17(16)25-3/h5-11,13H,1-4H3,(H,20,22)/t13-/m1/s1. The van der Waals surface area contributed by atoms with Crippen LogP contribution in [0.4, 0.5) is 11.4 Å². The Morgan fingerprint density at radius 1 is 1.19 bits per heavy atom. The van der Waals surface area contributed by atoms with Crippen molar-refractivity contribution in [3.05, 3.63) is 53.1 Å². The quantitative estimate of drug-likeness (QED) is 0.811. The summed E-state index contributed by atoms with van der Waals surface area (Å²) in [6.45, 7) is 3.42. The molecule has 0 aliphatic rings. The minimum absolute atomic E-state index is 0.370. The fraction of sp³-hybridized carbons (Fsp3) is 0.278. The fourth-order valence-corrected chi connectivity index (χ4v) is 3.86. The van der Waals surface area contributed by atoms with Crippen LogP contribution < -0.4 is 14.4 Å². The summed E-state index contributed by atoms with van der Waals surface area (Å²) in [5, 5.41) is 3.10. The number of hydrogen-bond donors (Lipinski definition) is 1. The average Bonchev–Trinajstić information content (AvgIpc) is 2.55. The lowest BCUT2D eigenvalue weighted by Gasteiger charge is -2.28. The number of carbonyl (C=O) groups excluding carboxylic acids is 1. The van der Waals surface area contributed by atoms with E-state index in [1.54, 1.807) is 42.5 Å². The number of methoxy groups -OCH3 is 1. The predicted molar refractivity (Wildman–Crippen MR) is 105 cm³/mol. The lowest BCUT2D eigenvalue weighted by Crippen LogP contribution is -2.45. The molecule has 1 atom stereocenters. The third kappa shape index (κ3) is 4.68. The molecule has 1 N–H and O–H groups in total. The van der Waals surface area contributed by atoms with E-state index in [1.165, 1.54) is 14.0 Å². The molecule has 0 aromatic heterocycles. The van der Waals surface area contributed by atoms with Crippen LogP contribution in [0.2, 0.25) is 5.02 Å². The van der Waals surface area contributed by atoms with Gasteiger partial charge < -0.3 is 10.1 Å². The average molecular weight is 397 g/mol. The van der Waals surface area contributed by atoms with Crippen LogP contribution in [-0.2, 0) is 14.8 Å². The Morgan fingerprint density at radius 2 is 1.81 bits per heavy atom. The summed E-state index contributed by atoms with van der Waals surface area (Å²) in [4.78, 5) is 12.7. The maximum absolute atomic E-state index is 12.7. The van der Waals surface area contributed by atoms with Crippen LogP contribution in [0.25, 0.3) is 0 Å². The van der Waals surface area contributed by atoms with Gasteiger partial charge in [-0.3, -0.25) is 9.10 Å². The normalized spacial score (nSPS) is 12.3. The Kier molecular flexibility index (Phi) is 6.15. The van der Waals surface area contributed by atoms with Gasteiger partial charge in [-0.1, -0.05) is 29.3 Å². The highest BCUT2D eigenvalue weighted by molar-refractivity contribution is 7.92. The molecule has 26 heavy (non-hydrogen) atoms. The highest BCUT2D eigenvalue weighted by Crippen LogP contribution is 2.29. The second-order valence-electron chi connectivity index (χ2n) is 5.90. The Labute approximate surface area is 158 Å². The van der Waals surface area contributed by atoms with E-state index in [-0.39, 0.29) is 0 Å². The molecule has 8 heteroatoms. The third-order valence-electron chi connectivity index (χ3n) is 3.80. The molecule has 0 spiro atoms. The van der Waals surface area contributed by atoms with E-state index in [0.717, 1.165) is 16.1 Å². The van der Waals surface area contributed by atoms with E-state index in [2.05, 4.69) is 5.32 Å². The van der Waals surface area contributed by atoms with E-state index in [1.807, 2.05) is 6.92 Å². The van der Waals surface area contributed by atoms with Gasteiger partial charge in [0, 0.05) is 5.02 Å². The summed E-state index contributed by atoms with van der Waals surface area (Å²) in [5.41, 5.74) is 1.77. The number of anilines is 2. The number of nitrogens with one attached hydrogen (secondary N) is 1. The topological polar surface area (TPSA) is 75.7 Å². The van der Waals surface area contributed by atoms with Crippen molar-refractivity contribution in [3.8, 4) is 5.75 Å². The SMILES string of the molecule is COc1ccc(Cl)cc1NC(=O)[C@@H](C)N(c1ccc(C)cc1)S(C)(=O)=O. The van der Waals surface area contributed by atoms with Gasteiger partial charge >= 0.3 is 0 Å². The number of halogens is 1. The smallest absolute Gasteiger partial charge is 0.248 e. The minimum atomic E-state index is -3.68. The summed E-state index contributed by atoms with van der Waals surface area (Å²) in [6.07, 6.45) is 1.07. The molecule has 0 aliphatic heterocycles. The highest BCUT2D eigenvalue weighted by Gasteiger charge is 2.29. The van der Waals surface area contributed by atoms with Crippen LogP contribution in [0, 0.1) is 6.92 Å². The van der Waals surface area contributed by atoms with E-state index in [4.69, 9.17) is 16.3 Å². The number of rotatable bonds is 6. The summed E-state index contributed by atoms with van der Waals surface area (Å²) < 4.78 is 30.9. The number of amides is 1. The molecule has 0 saturated heterocycles. The second-order valence-corrected chi connectivity index (χ2v) is 8.20. The molecule has 0 fully saturated rings. The molecule has 6 nitrogen and oxygen atoms in total. The summed E-state index contributed by atoms with van der Waals surface area (Å²) in [7, 11) is -2.21. The molecule has 2 aromatic carbocycles. The number of ether oxygens (including phenoxy) is 1. The Morgan fingerprint density at radius 3 is 2.35 bits per heavy atom. The monoisotopic (exact) mass is 396 g/mol. The number of benzene rings is 2. The van der Waals surface area contributed by atoms with Gasteiger partial charge in [0.15, 0.2) is 0 Å². The number of aryl methyl sites for hydroxylation is 1. The molecule has 0 unspecified atom stereocenters. The van der Waals surface area contributed by atoms with Crippen LogP contribution in [0.1, 0.15) is 12.5 Å². The van der Waals surface area contributed by atoms with Crippen molar-refractivity contribution in [1.29, 1.82) is 0 Å². The largest absolute Gasteiger partial charge is 0.495 e. The first kappa shape index (κ1) is 20.1. The Bertz CT molecular complexity index is 898. The molecule has 1 amide bonds. The molecule has 0 bridgehead atoms. The van der Waals surface area contributed by atoms with Crippen molar-refractivity contribution in [1.82, 2.24) is 0 Å². The van der Waals surface area contributed by atoms with Gasteiger partial charge in [0.2, 0.25) is 15.9 Å². The van der Waals surface area contributed by atoms with Gasteiger partial charge in [0.25, 0.3) is 0 Å². The minimum Gasteiger partial charge on any atom is -0.495 e. The Hall–Kier alpha value is -2.25. The van der Waals surface area contributed by atoms with Crippen molar-refractivity contribution < 1.29 is 17.9 Å². The third-order valence-corrected chi connectivity index (χ3v) is 5.27. The molecular weight excluding hydrogens is 376 g/mol. The van der Waals surface area contributed by atoms with Crippen LogP contribution in [0.15, 0.2) is 42.5 Å². The first-order valence-corrected chi connectivity index (χ1v) is 10.1. The maximum Gasteiger partial charge on any atom is 0.248 e. The molecule has 0 radical (unpaired) electrons. The van der Waals surface area contributed by atoms with Gasteiger partial charge in [-0.2, -0.15) is 0 Å². The zero-order valence-corrected chi connectivity index (χ0v) is 16.6. The van der Waals surface area contributed by atoms with Gasteiger partial charge in [0.05, 0.1) is 24.7 Å². The fourth-order valence-electron chi connectivity index (χ4n) is 2.52. The van der Waals surface area contributed by atoms with Crippen LogP contribution >= 0.6 is 11.6 Å². The van der Waals surface area contributed by atoms with Crippen molar-refractivity contribution in [2.45, 2.75) is 19.9 Å². The summed E-state index contributed by atoms with van der Waals surface area (Å²) in [5.74, 6) is -0.0761. The summed E-state index contributed by atoms with van der Waals surface area (Å²) in [6, 6.07) is 10.7. The van der Waals surface area contributed by atoms with E-state index >= 15 is 0 Å². The zero-order valence-electron chi connectivity index (χ0n) is 15.0. The molecule has 140 valence electrons. The van der Waals surface area contributed by atoms with Gasteiger partial charge in [-0.05, 0) is 44.2 Å². The highest BCUT2D eigenvalue weighted by atomic mass is 35.5. The van der Waals surface area contributed by atoms with E-state index < -0.39 is 22.0 Å². The lowest BCUT2D eigenvalue weighted by molar-refractivity contribution is -0.116. The van der Waals surface area contributed by atoms with Gasteiger partial charge in [-0.25, -0.2) is 8.42 Å². The molecule has 2 rings (SSSR count).